The monoisotopic (exact) mass is 288 g/mol. The average molecular weight is 288 g/mol. The van der Waals surface area contributed by atoms with Crippen LogP contribution in [0, 0.1) is 0 Å². The Balaban J connectivity index is 2.77. The summed E-state index contributed by atoms with van der Waals surface area (Å²) in [7, 11) is 0. The molecule has 0 atom stereocenters. The third-order valence-electron chi connectivity index (χ3n) is 1.86. The van der Waals surface area contributed by atoms with E-state index >= 15 is 0 Å². The molecule has 0 spiro atoms. The largest absolute Gasteiger partial charge is 0.481 e. The second-order valence-corrected chi connectivity index (χ2v) is 5.82. The summed E-state index contributed by atoms with van der Waals surface area (Å²) in [6.07, 6.45) is 0. The fourth-order valence-electron chi connectivity index (χ4n) is 1.28. The van der Waals surface area contributed by atoms with Crippen LogP contribution < -0.4 is 11.0 Å². The van der Waals surface area contributed by atoms with Crippen molar-refractivity contribution in [3.05, 3.63) is 10.5 Å². The second kappa shape index (κ2) is 5.91. The molecular formula is C10H16N4O4S. The SMILES string of the molecule is CC(C)(C)NC(=O)Cn1c(SCC(=O)O)n[nH]c1=O. The first-order valence-electron chi connectivity index (χ1n) is 5.50. The number of carbonyl (C=O) groups excluding carboxylic acids is 1. The Morgan fingerprint density at radius 2 is 2.11 bits per heavy atom. The molecule has 0 fully saturated rings. The van der Waals surface area contributed by atoms with Gasteiger partial charge in [-0.25, -0.2) is 9.89 Å². The Kier molecular flexibility index (Phi) is 4.76. The normalized spacial score (nSPS) is 11.3. The van der Waals surface area contributed by atoms with Crippen LogP contribution in [-0.4, -0.2) is 43.0 Å². The van der Waals surface area contributed by atoms with Crippen molar-refractivity contribution < 1.29 is 14.7 Å². The van der Waals surface area contributed by atoms with Gasteiger partial charge in [0.05, 0.1) is 5.75 Å². The van der Waals surface area contributed by atoms with Gasteiger partial charge in [-0.05, 0) is 20.8 Å². The molecule has 3 N–H and O–H groups in total. The smallest absolute Gasteiger partial charge is 0.344 e. The van der Waals surface area contributed by atoms with Crippen molar-refractivity contribution in [1.29, 1.82) is 0 Å². The number of hydrogen-bond acceptors (Lipinski definition) is 5. The second-order valence-electron chi connectivity index (χ2n) is 4.88. The van der Waals surface area contributed by atoms with Gasteiger partial charge in [-0.1, -0.05) is 11.8 Å². The number of amides is 1. The van der Waals surface area contributed by atoms with Gasteiger partial charge in [-0.15, -0.1) is 5.10 Å². The molecule has 0 aliphatic carbocycles. The lowest BCUT2D eigenvalue weighted by Gasteiger charge is -2.20. The van der Waals surface area contributed by atoms with Crippen molar-refractivity contribution in [3.63, 3.8) is 0 Å². The summed E-state index contributed by atoms with van der Waals surface area (Å²) < 4.78 is 1.11. The number of thioether (sulfide) groups is 1. The molecule has 1 heterocycles. The molecule has 0 aromatic carbocycles. The molecule has 0 aliphatic rings. The van der Waals surface area contributed by atoms with Gasteiger partial charge < -0.3 is 10.4 Å². The van der Waals surface area contributed by atoms with E-state index in [1.54, 1.807) is 0 Å². The summed E-state index contributed by atoms with van der Waals surface area (Å²) in [5.74, 6) is -1.59. The number of nitrogens with one attached hydrogen (secondary N) is 2. The molecule has 19 heavy (non-hydrogen) atoms. The quantitative estimate of drug-likeness (QED) is 0.638. The zero-order valence-electron chi connectivity index (χ0n) is 10.9. The van der Waals surface area contributed by atoms with Crippen molar-refractivity contribution in [2.75, 3.05) is 5.75 Å². The van der Waals surface area contributed by atoms with Crippen molar-refractivity contribution in [2.45, 2.75) is 38.0 Å². The van der Waals surface area contributed by atoms with Crippen LogP contribution in [0.1, 0.15) is 20.8 Å². The molecule has 0 saturated heterocycles. The molecule has 106 valence electrons. The number of aliphatic carboxylic acids is 1. The highest BCUT2D eigenvalue weighted by molar-refractivity contribution is 7.99. The lowest BCUT2D eigenvalue weighted by Crippen LogP contribution is -2.43. The fraction of sp³-hybridized carbons (Fsp3) is 0.600. The predicted molar refractivity (Wildman–Crippen MR) is 69.1 cm³/mol. The minimum Gasteiger partial charge on any atom is -0.481 e. The molecule has 0 unspecified atom stereocenters. The molecule has 8 nitrogen and oxygen atoms in total. The van der Waals surface area contributed by atoms with Gasteiger partial charge in [0, 0.05) is 5.54 Å². The molecule has 1 aromatic heterocycles. The number of carboxylic acids is 1. The summed E-state index contributed by atoms with van der Waals surface area (Å²) in [6, 6.07) is 0. The van der Waals surface area contributed by atoms with Gasteiger partial charge in [0.15, 0.2) is 5.16 Å². The van der Waals surface area contributed by atoms with E-state index in [0.29, 0.717) is 0 Å². The molecule has 1 amide bonds. The van der Waals surface area contributed by atoms with E-state index in [2.05, 4.69) is 15.5 Å². The van der Waals surface area contributed by atoms with Crippen molar-refractivity contribution in [2.24, 2.45) is 0 Å². The van der Waals surface area contributed by atoms with Gasteiger partial charge in [-0.2, -0.15) is 0 Å². The maximum atomic E-state index is 11.7. The lowest BCUT2D eigenvalue weighted by atomic mass is 10.1. The van der Waals surface area contributed by atoms with Gasteiger partial charge in [-0.3, -0.25) is 14.2 Å². The van der Waals surface area contributed by atoms with Crippen LogP contribution in [0.25, 0.3) is 0 Å². The third-order valence-corrected chi connectivity index (χ3v) is 2.83. The molecular weight excluding hydrogens is 272 g/mol. The number of rotatable bonds is 5. The van der Waals surface area contributed by atoms with Gasteiger partial charge >= 0.3 is 11.7 Å². The summed E-state index contributed by atoms with van der Waals surface area (Å²) in [5, 5.41) is 17.3. The van der Waals surface area contributed by atoms with Crippen molar-refractivity contribution in [1.82, 2.24) is 20.1 Å². The first-order valence-corrected chi connectivity index (χ1v) is 6.48. The van der Waals surface area contributed by atoms with E-state index < -0.39 is 17.2 Å². The molecule has 0 aliphatic heterocycles. The number of hydrogen-bond donors (Lipinski definition) is 3. The predicted octanol–water partition coefficient (Wildman–Crippen LogP) is -0.337. The van der Waals surface area contributed by atoms with Crippen molar-refractivity contribution >= 4 is 23.6 Å². The van der Waals surface area contributed by atoms with E-state index in [1.165, 1.54) is 0 Å². The van der Waals surface area contributed by atoms with Gasteiger partial charge in [0.2, 0.25) is 5.91 Å². The number of carbonyl (C=O) groups is 2. The Morgan fingerprint density at radius 1 is 1.47 bits per heavy atom. The molecule has 0 saturated carbocycles. The summed E-state index contributed by atoms with van der Waals surface area (Å²) in [4.78, 5) is 33.7. The number of carboxylic acid groups (broad SMARTS) is 1. The Morgan fingerprint density at radius 3 is 2.63 bits per heavy atom. The highest BCUT2D eigenvalue weighted by atomic mass is 32.2. The van der Waals surface area contributed by atoms with Gasteiger partial charge in [0.25, 0.3) is 0 Å². The van der Waals surface area contributed by atoms with Crippen LogP contribution >= 0.6 is 11.8 Å². The first-order chi connectivity index (χ1) is 8.69. The highest BCUT2D eigenvalue weighted by Crippen LogP contribution is 2.12. The van der Waals surface area contributed by atoms with E-state index in [1.807, 2.05) is 20.8 Å². The number of nitrogens with zero attached hydrogens (tertiary/aromatic N) is 2. The number of aromatic amines is 1. The third kappa shape index (κ3) is 5.16. The van der Waals surface area contributed by atoms with Crippen molar-refractivity contribution in [3.8, 4) is 0 Å². The number of aromatic nitrogens is 3. The Bertz CT molecular complexity index is 528. The Hall–Kier alpha value is -1.77. The van der Waals surface area contributed by atoms with Crippen LogP contribution in [0.3, 0.4) is 0 Å². The molecule has 0 radical (unpaired) electrons. The minimum atomic E-state index is -1.02. The molecule has 1 rings (SSSR count). The van der Waals surface area contributed by atoms with Crippen LogP contribution in [-0.2, 0) is 16.1 Å². The van der Waals surface area contributed by atoms with Crippen LogP contribution in [0.4, 0.5) is 0 Å². The lowest BCUT2D eigenvalue weighted by molar-refractivity contribution is -0.134. The standard InChI is InChI=1S/C10H16N4O4S/c1-10(2,3)11-6(15)4-14-8(18)12-13-9(14)19-5-7(16)17/h4-5H2,1-3H3,(H,11,15)(H,12,18)(H,16,17). The molecule has 1 aromatic rings. The zero-order valence-corrected chi connectivity index (χ0v) is 11.7. The van der Waals surface area contributed by atoms with E-state index in [-0.39, 0.29) is 23.4 Å². The summed E-state index contributed by atoms with van der Waals surface area (Å²) >= 11 is 0.877. The van der Waals surface area contributed by atoms with Crippen LogP contribution in [0.15, 0.2) is 9.95 Å². The summed E-state index contributed by atoms with van der Waals surface area (Å²) in [5.41, 5.74) is -0.948. The maximum absolute atomic E-state index is 11.7. The minimum absolute atomic E-state index is 0.177. The van der Waals surface area contributed by atoms with E-state index in [4.69, 9.17) is 5.11 Å². The zero-order chi connectivity index (χ0) is 14.6. The Labute approximate surface area is 113 Å². The highest BCUT2D eigenvalue weighted by Gasteiger charge is 2.17. The molecule has 9 heteroatoms. The topological polar surface area (TPSA) is 117 Å². The van der Waals surface area contributed by atoms with Crippen LogP contribution in [0.2, 0.25) is 0 Å². The fourth-order valence-corrected chi connectivity index (χ4v) is 1.95. The summed E-state index contributed by atoms with van der Waals surface area (Å²) in [6.45, 7) is 5.27. The first kappa shape index (κ1) is 15.3. The van der Waals surface area contributed by atoms with E-state index in [0.717, 1.165) is 16.3 Å². The maximum Gasteiger partial charge on any atom is 0.344 e. The average Bonchev–Trinajstić information content (AvgIpc) is 2.55. The molecule has 0 bridgehead atoms. The van der Waals surface area contributed by atoms with Crippen LogP contribution in [0.5, 0.6) is 0 Å². The number of H-pyrrole nitrogens is 1. The van der Waals surface area contributed by atoms with Gasteiger partial charge in [0.1, 0.15) is 6.54 Å². The van der Waals surface area contributed by atoms with E-state index in [9.17, 15) is 14.4 Å².